The summed E-state index contributed by atoms with van der Waals surface area (Å²) in [5.74, 6) is 0.229. The Morgan fingerprint density at radius 1 is 0.957 bits per heavy atom. The number of benzene rings is 2. The molecular weight excluding hydrogens is 300 g/mol. The van der Waals surface area contributed by atoms with Crippen molar-refractivity contribution in [3.63, 3.8) is 0 Å². The minimum atomic E-state index is -0.574. The minimum absolute atomic E-state index is 0.00551. The van der Waals surface area contributed by atoms with Gasteiger partial charge in [-0.05, 0) is 36.4 Å². The molecule has 0 amide bonds. The van der Waals surface area contributed by atoms with Gasteiger partial charge in [-0.15, -0.1) is 0 Å². The number of methoxy groups -OCH3 is 2. The van der Waals surface area contributed by atoms with Crippen molar-refractivity contribution in [3.8, 4) is 34.3 Å². The van der Waals surface area contributed by atoms with Crippen molar-refractivity contribution in [2.75, 3.05) is 14.2 Å². The molecule has 23 heavy (non-hydrogen) atoms. The van der Waals surface area contributed by atoms with E-state index in [1.54, 1.807) is 6.07 Å². The Hall–Kier alpha value is -3.15. The molecule has 0 aliphatic carbocycles. The van der Waals surface area contributed by atoms with Gasteiger partial charge in [0.15, 0.2) is 17.1 Å². The third kappa shape index (κ3) is 2.34. The molecule has 0 radical (unpaired) electrons. The Morgan fingerprint density at radius 2 is 1.65 bits per heavy atom. The molecular formula is C17H14O6. The zero-order chi connectivity index (χ0) is 16.6. The summed E-state index contributed by atoms with van der Waals surface area (Å²) >= 11 is 0. The highest BCUT2D eigenvalue weighted by molar-refractivity contribution is 5.88. The average Bonchev–Trinajstić information content (AvgIpc) is 2.57. The van der Waals surface area contributed by atoms with Crippen molar-refractivity contribution in [3.05, 3.63) is 46.6 Å². The lowest BCUT2D eigenvalue weighted by atomic mass is 10.1. The van der Waals surface area contributed by atoms with Crippen LogP contribution < -0.4 is 14.9 Å². The van der Waals surface area contributed by atoms with Gasteiger partial charge in [-0.25, -0.2) is 0 Å². The second kappa shape index (κ2) is 5.57. The molecule has 0 atom stereocenters. The van der Waals surface area contributed by atoms with Crippen LogP contribution in [0.1, 0.15) is 0 Å². The van der Waals surface area contributed by atoms with Crippen LogP contribution in [0.5, 0.6) is 23.0 Å². The van der Waals surface area contributed by atoms with Crippen LogP contribution >= 0.6 is 0 Å². The first-order chi connectivity index (χ1) is 11.1. The van der Waals surface area contributed by atoms with Gasteiger partial charge in [-0.3, -0.25) is 4.79 Å². The molecule has 3 rings (SSSR count). The fourth-order valence-corrected chi connectivity index (χ4v) is 2.37. The smallest absolute Gasteiger partial charge is 0.235 e. The highest BCUT2D eigenvalue weighted by atomic mass is 16.5. The van der Waals surface area contributed by atoms with E-state index in [2.05, 4.69) is 0 Å². The van der Waals surface area contributed by atoms with Crippen molar-refractivity contribution in [1.29, 1.82) is 0 Å². The van der Waals surface area contributed by atoms with Crippen LogP contribution in [0, 0.1) is 0 Å². The number of fused-ring (bicyclic) bond motifs is 1. The highest BCUT2D eigenvalue weighted by Gasteiger charge is 2.20. The molecule has 2 aromatic carbocycles. The lowest BCUT2D eigenvalue weighted by Gasteiger charge is -2.11. The van der Waals surface area contributed by atoms with Crippen LogP contribution in [0.15, 0.2) is 45.6 Å². The molecule has 0 unspecified atom stereocenters. The van der Waals surface area contributed by atoms with Gasteiger partial charge in [0.2, 0.25) is 16.9 Å². The van der Waals surface area contributed by atoms with E-state index in [-0.39, 0.29) is 28.2 Å². The van der Waals surface area contributed by atoms with E-state index in [0.717, 1.165) is 0 Å². The van der Waals surface area contributed by atoms with E-state index in [4.69, 9.17) is 13.9 Å². The molecule has 0 aliphatic rings. The van der Waals surface area contributed by atoms with Gasteiger partial charge in [-0.1, -0.05) is 0 Å². The number of ether oxygens (including phenoxy) is 2. The van der Waals surface area contributed by atoms with Crippen molar-refractivity contribution in [1.82, 2.24) is 0 Å². The Kier molecular flexibility index (Phi) is 3.57. The summed E-state index contributed by atoms with van der Waals surface area (Å²) in [5.41, 5.74) is 0.0529. The van der Waals surface area contributed by atoms with Crippen molar-refractivity contribution < 1.29 is 24.1 Å². The van der Waals surface area contributed by atoms with E-state index in [9.17, 15) is 15.0 Å². The van der Waals surface area contributed by atoms with E-state index in [1.807, 2.05) is 0 Å². The van der Waals surface area contributed by atoms with Crippen molar-refractivity contribution in [2.45, 2.75) is 0 Å². The fraction of sp³-hybridized carbons (Fsp3) is 0.118. The van der Waals surface area contributed by atoms with Gasteiger partial charge in [0.05, 0.1) is 19.6 Å². The number of rotatable bonds is 3. The molecule has 0 saturated heterocycles. The number of hydrogen-bond acceptors (Lipinski definition) is 6. The fourth-order valence-electron chi connectivity index (χ4n) is 2.37. The van der Waals surface area contributed by atoms with Gasteiger partial charge < -0.3 is 24.1 Å². The van der Waals surface area contributed by atoms with Gasteiger partial charge in [0.1, 0.15) is 5.75 Å². The summed E-state index contributed by atoms with van der Waals surface area (Å²) in [6.45, 7) is 0. The Morgan fingerprint density at radius 3 is 2.26 bits per heavy atom. The molecule has 1 heterocycles. The largest absolute Gasteiger partial charge is 0.508 e. The lowest BCUT2D eigenvalue weighted by Crippen LogP contribution is -2.04. The molecule has 2 N–H and O–H groups in total. The zero-order valence-corrected chi connectivity index (χ0v) is 12.5. The number of aromatic hydroxyl groups is 2. The monoisotopic (exact) mass is 314 g/mol. The topological polar surface area (TPSA) is 89.1 Å². The van der Waals surface area contributed by atoms with Crippen LogP contribution in [0.4, 0.5) is 0 Å². The summed E-state index contributed by atoms with van der Waals surface area (Å²) in [6, 6.07) is 9.00. The average molecular weight is 314 g/mol. The minimum Gasteiger partial charge on any atom is -0.508 e. The second-order valence-electron chi connectivity index (χ2n) is 4.83. The lowest BCUT2D eigenvalue weighted by molar-refractivity contribution is 0.352. The van der Waals surface area contributed by atoms with Gasteiger partial charge in [-0.2, -0.15) is 0 Å². The van der Waals surface area contributed by atoms with Crippen LogP contribution in [0.3, 0.4) is 0 Å². The van der Waals surface area contributed by atoms with E-state index >= 15 is 0 Å². The second-order valence-corrected chi connectivity index (χ2v) is 4.83. The van der Waals surface area contributed by atoms with Crippen molar-refractivity contribution >= 4 is 11.0 Å². The molecule has 0 spiro atoms. The quantitative estimate of drug-likeness (QED) is 0.772. The van der Waals surface area contributed by atoms with E-state index in [0.29, 0.717) is 11.3 Å². The number of phenols is 1. The predicted octanol–water partition coefficient (Wildman–Crippen LogP) is 2.89. The van der Waals surface area contributed by atoms with Crippen LogP contribution in [0.2, 0.25) is 0 Å². The molecule has 0 fully saturated rings. The van der Waals surface area contributed by atoms with Gasteiger partial charge in [0, 0.05) is 5.56 Å². The number of hydrogen-bond donors (Lipinski definition) is 2. The first-order valence-corrected chi connectivity index (χ1v) is 6.77. The summed E-state index contributed by atoms with van der Waals surface area (Å²) in [4.78, 5) is 12.4. The SMILES string of the molecule is COc1ccc2c(=O)c(O)c(-c3ccc(O)cc3)oc2c1OC. The summed E-state index contributed by atoms with van der Waals surface area (Å²) in [6.07, 6.45) is 0. The highest BCUT2D eigenvalue weighted by Crippen LogP contribution is 2.38. The maximum absolute atomic E-state index is 12.4. The molecule has 0 bridgehead atoms. The molecule has 0 saturated carbocycles. The van der Waals surface area contributed by atoms with Gasteiger partial charge in [0.25, 0.3) is 0 Å². The molecule has 3 aromatic rings. The van der Waals surface area contributed by atoms with Crippen LogP contribution in [-0.4, -0.2) is 24.4 Å². The third-order valence-corrected chi connectivity index (χ3v) is 3.51. The first kappa shape index (κ1) is 14.8. The zero-order valence-electron chi connectivity index (χ0n) is 12.5. The van der Waals surface area contributed by atoms with Crippen LogP contribution in [-0.2, 0) is 0 Å². The number of phenolic OH excluding ortho intramolecular Hbond substituents is 1. The maximum Gasteiger partial charge on any atom is 0.235 e. The van der Waals surface area contributed by atoms with Crippen LogP contribution in [0.25, 0.3) is 22.3 Å². The molecule has 6 nitrogen and oxygen atoms in total. The summed E-state index contributed by atoms with van der Waals surface area (Å²) in [5, 5.41) is 19.7. The molecule has 118 valence electrons. The Labute approximate surface area is 131 Å². The Balaban J connectivity index is 2.38. The summed E-state index contributed by atoms with van der Waals surface area (Å²) in [7, 11) is 2.91. The summed E-state index contributed by atoms with van der Waals surface area (Å²) < 4.78 is 16.2. The van der Waals surface area contributed by atoms with Crippen molar-refractivity contribution in [2.24, 2.45) is 0 Å². The molecule has 6 heteroatoms. The van der Waals surface area contributed by atoms with E-state index in [1.165, 1.54) is 44.6 Å². The molecule has 0 aliphatic heterocycles. The first-order valence-electron chi connectivity index (χ1n) is 6.77. The predicted molar refractivity (Wildman–Crippen MR) is 84.4 cm³/mol. The maximum atomic E-state index is 12.4. The molecule has 1 aromatic heterocycles. The standard InChI is InChI=1S/C17H14O6/c1-21-12-8-7-11-13(19)14(20)15(23-16(11)17(12)22-2)9-3-5-10(18)6-4-9/h3-8,18,20H,1-2H3. The normalized spacial score (nSPS) is 10.7. The third-order valence-electron chi connectivity index (χ3n) is 3.51. The Bertz CT molecular complexity index is 924. The van der Waals surface area contributed by atoms with E-state index < -0.39 is 11.2 Å². The van der Waals surface area contributed by atoms with Gasteiger partial charge >= 0.3 is 0 Å².